The molecule has 4 amide bonds. The first-order chi connectivity index (χ1) is 5.86. The first-order valence-electron chi connectivity index (χ1n) is 4.25. The number of carbonyl (C=O) groups excluding carboxylic acids is 2. The van der Waals surface area contributed by atoms with Crippen LogP contribution < -0.4 is 11.1 Å². The second kappa shape index (κ2) is 4.69. The Bertz CT molecular complexity index is 194. The van der Waals surface area contributed by atoms with E-state index in [-0.39, 0.29) is 12.1 Å². The summed E-state index contributed by atoms with van der Waals surface area (Å²) in [4.78, 5) is 23.3. The summed E-state index contributed by atoms with van der Waals surface area (Å²) in [6.07, 6.45) is 0. The molecule has 5 heteroatoms. The summed E-state index contributed by atoms with van der Waals surface area (Å²) in [6, 6.07) is -1.19. The normalized spacial score (nSPS) is 10.3. The number of carbonyl (C=O) groups is 2. The van der Waals surface area contributed by atoms with Crippen LogP contribution in [-0.2, 0) is 0 Å². The number of hydrogen-bond donors (Lipinski definition) is 2. The van der Waals surface area contributed by atoms with Crippen molar-refractivity contribution in [1.82, 2.24) is 10.2 Å². The molecule has 0 aliphatic rings. The molecule has 3 N–H and O–H groups in total. The fraction of sp³-hybridized carbons (Fsp3) is 0.750. The smallest absolute Gasteiger partial charge is 0.325 e. The van der Waals surface area contributed by atoms with Gasteiger partial charge in [-0.05, 0) is 27.7 Å². The molecule has 0 spiro atoms. The first-order valence-corrected chi connectivity index (χ1v) is 4.25. The van der Waals surface area contributed by atoms with Crippen LogP contribution in [0.4, 0.5) is 9.59 Å². The molecular weight excluding hydrogens is 170 g/mol. The molecule has 0 aromatic heterocycles. The fourth-order valence-corrected chi connectivity index (χ4v) is 1.24. The van der Waals surface area contributed by atoms with Gasteiger partial charge in [-0.25, -0.2) is 9.59 Å². The van der Waals surface area contributed by atoms with Gasteiger partial charge in [-0.2, -0.15) is 0 Å². The van der Waals surface area contributed by atoms with Crippen LogP contribution in [0, 0.1) is 0 Å². The largest absolute Gasteiger partial charge is 0.351 e. The van der Waals surface area contributed by atoms with Crippen LogP contribution in [0.1, 0.15) is 27.7 Å². The third-order valence-electron chi connectivity index (χ3n) is 1.58. The lowest BCUT2D eigenvalue weighted by Gasteiger charge is -2.30. The van der Waals surface area contributed by atoms with Gasteiger partial charge in [0, 0.05) is 12.1 Å². The highest BCUT2D eigenvalue weighted by molar-refractivity contribution is 5.92. The molecule has 0 fully saturated rings. The highest BCUT2D eigenvalue weighted by Gasteiger charge is 2.20. The maximum atomic E-state index is 11.4. The van der Waals surface area contributed by atoms with Crippen molar-refractivity contribution in [2.45, 2.75) is 39.8 Å². The summed E-state index contributed by atoms with van der Waals surface area (Å²) >= 11 is 0. The van der Waals surface area contributed by atoms with E-state index in [1.54, 1.807) is 4.90 Å². The van der Waals surface area contributed by atoms with Gasteiger partial charge in [0.25, 0.3) is 0 Å². The van der Waals surface area contributed by atoms with Gasteiger partial charge in [0.15, 0.2) is 0 Å². The molecule has 0 atom stereocenters. The molecule has 0 aromatic rings. The Morgan fingerprint density at radius 3 is 1.77 bits per heavy atom. The first kappa shape index (κ1) is 11.7. The monoisotopic (exact) mass is 187 g/mol. The number of nitrogens with one attached hydrogen (secondary N) is 1. The Labute approximate surface area is 78.3 Å². The summed E-state index contributed by atoms with van der Waals surface area (Å²) in [6.45, 7) is 7.50. The molecule has 0 aliphatic carbocycles. The van der Waals surface area contributed by atoms with Crippen LogP contribution in [0.2, 0.25) is 0 Å². The van der Waals surface area contributed by atoms with Gasteiger partial charge < -0.3 is 10.6 Å². The molecule has 0 unspecified atom stereocenters. The number of nitrogens with zero attached hydrogens (tertiary/aromatic N) is 1. The summed E-state index contributed by atoms with van der Waals surface area (Å²) in [5.74, 6) is 0. The fourth-order valence-electron chi connectivity index (χ4n) is 1.24. The summed E-state index contributed by atoms with van der Waals surface area (Å²) in [5.41, 5.74) is 4.83. The van der Waals surface area contributed by atoms with Crippen LogP contribution in [0.15, 0.2) is 0 Å². The van der Waals surface area contributed by atoms with Crippen LogP contribution in [0.25, 0.3) is 0 Å². The zero-order valence-electron chi connectivity index (χ0n) is 8.50. The van der Waals surface area contributed by atoms with Crippen molar-refractivity contribution >= 4 is 12.1 Å². The molecule has 0 aliphatic heterocycles. The Balaban J connectivity index is 4.38. The molecule has 0 aromatic carbocycles. The molecule has 13 heavy (non-hydrogen) atoms. The quantitative estimate of drug-likeness (QED) is 0.673. The third-order valence-corrected chi connectivity index (χ3v) is 1.58. The lowest BCUT2D eigenvalue weighted by Crippen LogP contribution is -2.50. The summed E-state index contributed by atoms with van der Waals surface area (Å²) < 4.78 is 0. The molecule has 0 radical (unpaired) electrons. The molecule has 0 rings (SSSR count). The van der Waals surface area contributed by atoms with E-state index >= 15 is 0 Å². The lowest BCUT2D eigenvalue weighted by atomic mass is 10.2. The number of urea groups is 2. The van der Waals surface area contributed by atoms with Crippen molar-refractivity contribution in [3.63, 3.8) is 0 Å². The van der Waals surface area contributed by atoms with Crippen molar-refractivity contribution < 1.29 is 9.59 Å². The maximum Gasteiger partial charge on any atom is 0.325 e. The minimum atomic E-state index is -0.823. The molecule has 0 saturated carbocycles. The van der Waals surface area contributed by atoms with Gasteiger partial charge >= 0.3 is 12.1 Å². The van der Waals surface area contributed by atoms with Crippen LogP contribution in [0.5, 0.6) is 0 Å². The van der Waals surface area contributed by atoms with E-state index < -0.39 is 12.1 Å². The zero-order chi connectivity index (χ0) is 10.6. The van der Waals surface area contributed by atoms with Crippen molar-refractivity contribution in [3.8, 4) is 0 Å². The highest BCUT2D eigenvalue weighted by atomic mass is 16.2. The number of amides is 4. The number of imide groups is 1. The van der Waals surface area contributed by atoms with Crippen LogP contribution >= 0.6 is 0 Å². The van der Waals surface area contributed by atoms with Crippen molar-refractivity contribution in [1.29, 1.82) is 0 Å². The predicted octanol–water partition coefficient (Wildman–Crippen LogP) is 0.894. The van der Waals surface area contributed by atoms with E-state index in [4.69, 9.17) is 5.73 Å². The second-order valence-corrected chi connectivity index (χ2v) is 3.39. The average Bonchev–Trinajstić information content (AvgIpc) is 1.81. The Kier molecular flexibility index (Phi) is 4.23. The van der Waals surface area contributed by atoms with E-state index in [9.17, 15) is 9.59 Å². The number of primary amides is 1. The molecular formula is C8H17N3O2. The Morgan fingerprint density at radius 1 is 1.15 bits per heavy atom. The van der Waals surface area contributed by atoms with Gasteiger partial charge in [0.2, 0.25) is 0 Å². The summed E-state index contributed by atoms with van der Waals surface area (Å²) in [7, 11) is 0. The minimum Gasteiger partial charge on any atom is -0.351 e. The van der Waals surface area contributed by atoms with Gasteiger partial charge in [0.1, 0.15) is 0 Å². The van der Waals surface area contributed by atoms with Crippen molar-refractivity contribution in [3.05, 3.63) is 0 Å². The van der Waals surface area contributed by atoms with E-state index in [1.165, 1.54) is 0 Å². The standard InChI is InChI=1S/C8H17N3O2/c1-5(2)11(6(3)4)8(13)10-7(9)12/h5-6H,1-4H3,(H3,9,10,12,13). The zero-order valence-corrected chi connectivity index (χ0v) is 8.50. The van der Waals surface area contributed by atoms with Gasteiger partial charge in [-0.3, -0.25) is 5.32 Å². The van der Waals surface area contributed by atoms with Gasteiger partial charge in [-0.15, -0.1) is 0 Å². The lowest BCUT2D eigenvalue weighted by molar-refractivity contribution is 0.166. The van der Waals surface area contributed by atoms with Crippen LogP contribution in [0.3, 0.4) is 0 Å². The molecule has 0 bridgehead atoms. The highest BCUT2D eigenvalue weighted by Crippen LogP contribution is 2.04. The molecule has 76 valence electrons. The topological polar surface area (TPSA) is 75.4 Å². The number of nitrogens with two attached hydrogens (primary N) is 1. The molecule has 0 saturated heterocycles. The Morgan fingerprint density at radius 2 is 1.54 bits per heavy atom. The van der Waals surface area contributed by atoms with Crippen molar-refractivity contribution in [2.75, 3.05) is 0 Å². The molecule has 5 nitrogen and oxygen atoms in total. The van der Waals surface area contributed by atoms with E-state index in [0.29, 0.717) is 0 Å². The Hall–Kier alpha value is -1.26. The maximum absolute atomic E-state index is 11.4. The van der Waals surface area contributed by atoms with E-state index in [0.717, 1.165) is 0 Å². The second-order valence-electron chi connectivity index (χ2n) is 3.39. The van der Waals surface area contributed by atoms with E-state index in [1.807, 2.05) is 33.0 Å². The third kappa shape index (κ3) is 3.78. The number of rotatable bonds is 2. The van der Waals surface area contributed by atoms with Gasteiger partial charge in [0.05, 0.1) is 0 Å². The molecule has 0 heterocycles. The summed E-state index contributed by atoms with van der Waals surface area (Å²) in [5, 5.41) is 2.03. The van der Waals surface area contributed by atoms with E-state index in [2.05, 4.69) is 0 Å². The van der Waals surface area contributed by atoms with Crippen molar-refractivity contribution in [2.24, 2.45) is 5.73 Å². The van der Waals surface area contributed by atoms with Crippen LogP contribution in [-0.4, -0.2) is 29.0 Å². The predicted molar refractivity (Wildman–Crippen MR) is 50.2 cm³/mol. The number of hydrogen-bond acceptors (Lipinski definition) is 2. The SMILES string of the molecule is CC(C)N(C(=O)NC(N)=O)C(C)C. The average molecular weight is 187 g/mol. The van der Waals surface area contributed by atoms with Gasteiger partial charge in [-0.1, -0.05) is 0 Å². The minimum absolute atomic E-state index is 0.0411.